The molecule has 5 rings (SSSR count). The molecule has 13 nitrogen and oxygen atoms in total. The molecule has 256 valence electrons. The van der Waals surface area contributed by atoms with Crippen LogP contribution < -0.4 is 0 Å². The van der Waals surface area contributed by atoms with Gasteiger partial charge in [0, 0.05) is 42.9 Å². The largest absolute Gasteiger partial charge is 0.472 e. The molecule has 0 aromatic carbocycles. The molecule has 0 bridgehead atoms. The molecule has 2 aliphatic heterocycles. The SMILES string of the molecule is C=C1[C@H]([C@@]2(C)[C@@H](OC(C)=O)CC(=O)O[C@]3(C)COC(=O)C[C@H]23)[C@@H](OC=O)[C@H](OC(=O)CC(C)C)[C@@]2(C)[C@@H](c3ccoc3)CC(=O)[C@@]12O. The second kappa shape index (κ2) is 11.9. The second-order valence-electron chi connectivity index (χ2n) is 14.3. The molecule has 0 unspecified atom stereocenters. The number of hydrogen-bond acceptors (Lipinski definition) is 13. The van der Waals surface area contributed by atoms with E-state index in [-0.39, 0.29) is 43.8 Å². The van der Waals surface area contributed by atoms with Crippen LogP contribution in [0.2, 0.25) is 0 Å². The average molecular weight is 659 g/mol. The summed E-state index contributed by atoms with van der Waals surface area (Å²) in [6.07, 6.45) is -2.44. The van der Waals surface area contributed by atoms with Gasteiger partial charge >= 0.3 is 23.9 Å². The van der Waals surface area contributed by atoms with Gasteiger partial charge in [0.2, 0.25) is 0 Å². The first-order valence-corrected chi connectivity index (χ1v) is 15.7. The molecule has 0 spiro atoms. The van der Waals surface area contributed by atoms with Gasteiger partial charge in [0.15, 0.2) is 11.4 Å². The van der Waals surface area contributed by atoms with Gasteiger partial charge in [0.05, 0.1) is 30.8 Å². The van der Waals surface area contributed by atoms with Crippen LogP contribution in [-0.4, -0.2) is 77.4 Å². The number of fused-ring (bicyclic) bond motifs is 2. The number of aliphatic hydroxyl groups is 1. The molecular weight excluding hydrogens is 616 g/mol. The topological polar surface area (TPSA) is 182 Å². The number of hydrogen-bond donors (Lipinski definition) is 1. The van der Waals surface area contributed by atoms with Crippen molar-refractivity contribution in [2.75, 3.05) is 6.61 Å². The van der Waals surface area contributed by atoms with E-state index in [1.54, 1.807) is 26.8 Å². The fourth-order valence-electron chi connectivity index (χ4n) is 8.99. The van der Waals surface area contributed by atoms with Crippen LogP contribution in [-0.2, 0) is 52.5 Å². The minimum atomic E-state index is -2.39. The number of ether oxygens (including phenoxy) is 5. The standard InChI is InChI=1S/C34H42O13/c1-17(2)10-26(39)46-30-29(44-16-35)28(18(3)34(41)23(37)11-21(33(30,34)7)20-8-9-42-14-20)32(6)22-12-25(38)43-15-31(22,5)47-27(40)13-24(32)45-19(4)36/h8-9,14,16-17,21-22,24,28-30,41H,3,10-13,15H2,1-2,4-7H3/t21-,22+,24+,28+,29-,30+,31-,32-,33-,34+/m1/s1. The van der Waals surface area contributed by atoms with Crippen LogP contribution in [0.1, 0.15) is 78.7 Å². The Morgan fingerprint density at radius 3 is 2.40 bits per heavy atom. The quantitative estimate of drug-likeness (QED) is 0.186. The summed E-state index contributed by atoms with van der Waals surface area (Å²) in [7, 11) is 0. The molecule has 4 aliphatic rings. The first-order valence-electron chi connectivity index (χ1n) is 15.7. The molecule has 13 heteroatoms. The van der Waals surface area contributed by atoms with E-state index in [4.69, 9.17) is 28.1 Å². The average Bonchev–Trinajstić information content (AvgIpc) is 3.56. The molecule has 10 atom stereocenters. The van der Waals surface area contributed by atoms with Gasteiger partial charge in [-0.15, -0.1) is 0 Å². The van der Waals surface area contributed by atoms with Crippen molar-refractivity contribution >= 4 is 36.1 Å². The van der Waals surface area contributed by atoms with E-state index in [0.717, 1.165) is 6.92 Å². The molecule has 0 radical (unpaired) electrons. The third-order valence-electron chi connectivity index (χ3n) is 11.1. The van der Waals surface area contributed by atoms with Crippen LogP contribution in [0.3, 0.4) is 0 Å². The van der Waals surface area contributed by atoms with Crippen LogP contribution in [0.15, 0.2) is 35.2 Å². The van der Waals surface area contributed by atoms with E-state index in [9.17, 15) is 33.9 Å². The Balaban J connectivity index is 1.81. The highest BCUT2D eigenvalue weighted by molar-refractivity contribution is 5.96. The van der Waals surface area contributed by atoms with Gasteiger partial charge in [0.1, 0.15) is 30.5 Å². The molecule has 47 heavy (non-hydrogen) atoms. The maximum Gasteiger partial charge on any atom is 0.310 e. The molecule has 2 saturated carbocycles. The summed E-state index contributed by atoms with van der Waals surface area (Å²) in [6.45, 7) is 13.7. The van der Waals surface area contributed by atoms with Gasteiger partial charge in [0.25, 0.3) is 6.47 Å². The number of cyclic esters (lactones) is 1. The maximum atomic E-state index is 14.2. The summed E-state index contributed by atoms with van der Waals surface area (Å²) < 4.78 is 34.3. The fraction of sp³-hybridized carbons (Fsp3) is 0.647. The van der Waals surface area contributed by atoms with Crippen LogP contribution in [0.5, 0.6) is 0 Å². The zero-order valence-corrected chi connectivity index (χ0v) is 27.4. The van der Waals surface area contributed by atoms with E-state index in [0.29, 0.717) is 5.56 Å². The van der Waals surface area contributed by atoms with Crippen LogP contribution >= 0.6 is 0 Å². The predicted octanol–water partition coefficient (Wildman–Crippen LogP) is 2.97. The number of carbonyl (C=O) groups is 6. The maximum absolute atomic E-state index is 14.2. The Bertz CT molecular complexity index is 1480. The third-order valence-corrected chi connectivity index (χ3v) is 11.1. The lowest BCUT2D eigenvalue weighted by atomic mass is 9.46. The van der Waals surface area contributed by atoms with E-state index in [2.05, 4.69) is 6.58 Å². The molecule has 1 aromatic rings. The van der Waals surface area contributed by atoms with Gasteiger partial charge < -0.3 is 33.2 Å². The summed E-state index contributed by atoms with van der Waals surface area (Å²) in [5, 5.41) is 12.8. The van der Waals surface area contributed by atoms with Crippen molar-refractivity contribution in [3.8, 4) is 0 Å². The molecule has 2 saturated heterocycles. The van der Waals surface area contributed by atoms with E-state index >= 15 is 0 Å². The normalized spacial score (nSPS) is 40.0. The zero-order chi connectivity index (χ0) is 34.7. The lowest BCUT2D eigenvalue weighted by molar-refractivity contribution is -0.240. The second-order valence-corrected chi connectivity index (χ2v) is 14.3. The number of ketones is 1. The van der Waals surface area contributed by atoms with Crippen LogP contribution in [0, 0.1) is 28.6 Å². The third kappa shape index (κ3) is 5.17. The highest BCUT2D eigenvalue weighted by Crippen LogP contribution is 2.68. The van der Waals surface area contributed by atoms with Crippen molar-refractivity contribution in [1.82, 2.24) is 0 Å². The number of Topliss-reactive ketones (excluding diaryl/α,β-unsaturated/α-hetero) is 1. The molecule has 1 aromatic heterocycles. The van der Waals surface area contributed by atoms with Crippen molar-refractivity contribution in [1.29, 1.82) is 0 Å². The molecule has 2 aliphatic carbocycles. The molecular formula is C34H42O13. The summed E-state index contributed by atoms with van der Waals surface area (Å²) in [5.41, 5.74) is -6.68. The van der Waals surface area contributed by atoms with E-state index in [1.807, 2.05) is 13.8 Å². The van der Waals surface area contributed by atoms with Gasteiger partial charge in [-0.3, -0.25) is 28.8 Å². The number of rotatable bonds is 8. The Morgan fingerprint density at radius 2 is 1.81 bits per heavy atom. The Hall–Kier alpha value is -4.00. The summed E-state index contributed by atoms with van der Waals surface area (Å²) in [5.74, 6) is -6.66. The Kier molecular flexibility index (Phi) is 8.70. The summed E-state index contributed by atoms with van der Waals surface area (Å²) in [6, 6.07) is 1.64. The lowest BCUT2D eigenvalue weighted by Gasteiger charge is -2.61. The van der Waals surface area contributed by atoms with Crippen LogP contribution in [0.4, 0.5) is 0 Å². The number of esters is 4. The Labute approximate surface area is 272 Å². The van der Waals surface area contributed by atoms with Gasteiger partial charge in [-0.2, -0.15) is 0 Å². The highest BCUT2D eigenvalue weighted by Gasteiger charge is 2.77. The molecule has 0 amide bonds. The van der Waals surface area contributed by atoms with Crippen molar-refractivity contribution in [3.05, 3.63) is 36.3 Å². The van der Waals surface area contributed by atoms with Gasteiger partial charge in [-0.05, 0) is 30.0 Å². The summed E-state index contributed by atoms with van der Waals surface area (Å²) >= 11 is 0. The van der Waals surface area contributed by atoms with Crippen molar-refractivity contribution in [2.24, 2.45) is 28.6 Å². The molecule has 3 heterocycles. The fourth-order valence-corrected chi connectivity index (χ4v) is 8.99. The monoisotopic (exact) mass is 658 g/mol. The Morgan fingerprint density at radius 1 is 1.11 bits per heavy atom. The van der Waals surface area contributed by atoms with Crippen molar-refractivity contribution in [2.45, 2.75) is 103 Å². The first-order chi connectivity index (χ1) is 21.9. The number of carbonyl (C=O) groups excluding carboxylic acids is 6. The van der Waals surface area contributed by atoms with Gasteiger partial charge in [-0.25, -0.2) is 0 Å². The lowest BCUT2D eigenvalue weighted by Crippen LogP contribution is -2.72. The predicted molar refractivity (Wildman–Crippen MR) is 159 cm³/mol. The smallest absolute Gasteiger partial charge is 0.310 e. The summed E-state index contributed by atoms with van der Waals surface area (Å²) in [4.78, 5) is 78.8. The van der Waals surface area contributed by atoms with Crippen molar-refractivity contribution < 1.29 is 62.0 Å². The number of furan rings is 1. The minimum Gasteiger partial charge on any atom is -0.472 e. The van der Waals surface area contributed by atoms with Crippen LogP contribution in [0.25, 0.3) is 0 Å². The minimum absolute atomic E-state index is 0.0308. The first kappa shape index (κ1) is 34.3. The molecule has 1 N–H and O–H groups in total. The van der Waals surface area contributed by atoms with Gasteiger partial charge in [-0.1, -0.05) is 34.3 Å². The van der Waals surface area contributed by atoms with E-state index < -0.39 is 94.2 Å². The highest BCUT2D eigenvalue weighted by atomic mass is 16.6. The van der Waals surface area contributed by atoms with E-state index in [1.165, 1.54) is 12.5 Å². The molecule has 4 fully saturated rings. The zero-order valence-electron chi connectivity index (χ0n) is 27.4. The van der Waals surface area contributed by atoms with Crippen molar-refractivity contribution in [3.63, 3.8) is 0 Å².